The molecule has 1 aliphatic rings. The van der Waals surface area contributed by atoms with Gasteiger partial charge in [0, 0.05) is 18.2 Å². The van der Waals surface area contributed by atoms with E-state index in [0.29, 0.717) is 18.3 Å². The Bertz CT molecular complexity index is 769. The maximum absolute atomic E-state index is 5.89. The Kier molecular flexibility index (Phi) is 3.01. The highest BCUT2D eigenvalue weighted by Gasteiger charge is 2.37. The minimum Gasteiger partial charge on any atom is -0.339 e. The Balaban J connectivity index is 1.61. The van der Waals surface area contributed by atoms with E-state index in [2.05, 4.69) is 21.2 Å². The fraction of sp³-hybridized carbons (Fsp3) is 0.400. The molecule has 2 N–H and O–H groups in total. The first-order valence-corrected chi connectivity index (χ1v) is 8.02. The van der Waals surface area contributed by atoms with E-state index in [1.165, 1.54) is 6.42 Å². The van der Waals surface area contributed by atoms with Gasteiger partial charge in [-0.15, -0.1) is 11.3 Å². The van der Waals surface area contributed by atoms with Crippen molar-refractivity contribution in [2.24, 2.45) is 11.1 Å². The summed E-state index contributed by atoms with van der Waals surface area (Å²) >= 11 is 1.66. The fourth-order valence-electron chi connectivity index (χ4n) is 2.86. The van der Waals surface area contributed by atoms with Gasteiger partial charge in [0.2, 0.25) is 11.7 Å². The highest BCUT2D eigenvalue weighted by molar-refractivity contribution is 7.17. The first-order valence-electron chi connectivity index (χ1n) is 7.14. The van der Waals surface area contributed by atoms with Crippen molar-refractivity contribution in [1.29, 1.82) is 0 Å². The first-order chi connectivity index (χ1) is 10.3. The Morgan fingerprint density at radius 1 is 1.38 bits per heavy atom. The van der Waals surface area contributed by atoms with Gasteiger partial charge in [-0.1, -0.05) is 11.6 Å². The second-order valence-corrected chi connectivity index (χ2v) is 6.72. The minimum absolute atomic E-state index is 0.180. The third-order valence-corrected chi connectivity index (χ3v) is 5.26. The van der Waals surface area contributed by atoms with Crippen LogP contribution in [-0.4, -0.2) is 21.7 Å². The number of thiophene rings is 1. The lowest BCUT2D eigenvalue weighted by molar-refractivity contribution is 0.129. The van der Waals surface area contributed by atoms with Crippen LogP contribution in [-0.2, 0) is 6.42 Å². The van der Waals surface area contributed by atoms with Crippen LogP contribution >= 0.6 is 11.3 Å². The van der Waals surface area contributed by atoms with Crippen molar-refractivity contribution in [1.82, 2.24) is 15.1 Å². The lowest BCUT2D eigenvalue weighted by Gasteiger charge is -2.39. The summed E-state index contributed by atoms with van der Waals surface area (Å²) in [5.41, 5.74) is 7.97. The monoisotopic (exact) mass is 300 g/mol. The molecule has 6 heteroatoms. The summed E-state index contributed by atoms with van der Waals surface area (Å²) in [6, 6.07) is 4.07. The molecule has 4 rings (SSSR count). The molecule has 0 amide bonds. The Morgan fingerprint density at radius 3 is 3.05 bits per heavy atom. The zero-order chi connectivity index (χ0) is 14.3. The Morgan fingerprint density at radius 2 is 2.29 bits per heavy atom. The SMILES string of the molecule is NCC1(Cc2nc(-c3cnc4ccsc4c3)no2)CCC1. The van der Waals surface area contributed by atoms with Gasteiger partial charge in [0.05, 0.1) is 10.2 Å². The Labute approximate surface area is 126 Å². The van der Waals surface area contributed by atoms with Gasteiger partial charge in [0.25, 0.3) is 0 Å². The molecule has 0 atom stereocenters. The van der Waals surface area contributed by atoms with Gasteiger partial charge in [-0.05, 0) is 42.3 Å². The van der Waals surface area contributed by atoms with E-state index in [1.807, 2.05) is 11.4 Å². The molecule has 0 radical (unpaired) electrons. The van der Waals surface area contributed by atoms with Crippen LogP contribution < -0.4 is 5.73 Å². The van der Waals surface area contributed by atoms with E-state index in [-0.39, 0.29) is 5.41 Å². The third-order valence-electron chi connectivity index (χ3n) is 4.40. The maximum Gasteiger partial charge on any atom is 0.227 e. The third kappa shape index (κ3) is 2.24. The summed E-state index contributed by atoms with van der Waals surface area (Å²) in [5, 5.41) is 6.12. The van der Waals surface area contributed by atoms with Gasteiger partial charge in [0.15, 0.2) is 0 Å². The highest BCUT2D eigenvalue weighted by atomic mass is 32.1. The minimum atomic E-state index is 0.180. The molecule has 0 unspecified atom stereocenters. The molecule has 0 aliphatic heterocycles. The van der Waals surface area contributed by atoms with E-state index in [4.69, 9.17) is 10.3 Å². The van der Waals surface area contributed by atoms with Crippen LogP contribution in [0, 0.1) is 5.41 Å². The van der Waals surface area contributed by atoms with E-state index >= 15 is 0 Å². The zero-order valence-corrected chi connectivity index (χ0v) is 12.4. The topological polar surface area (TPSA) is 77.8 Å². The maximum atomic E-state index is 5.89. The van der Waals surface area contributed by atoms with Crippen molar-refractivity contribution in [3.8, 4) is 11.4 Å². The summed E-state index contributed by atoms with van der Waals surface area (Å²) in [6.07, 6.45) is 6.14. The number of rotatable bonds is 4. The fourth-order valence-corrected chi connectivity index (χ4v) is 3.64. The van der Waals surface area contributed by atoms with Crippen molar-refractivity contribution < 1.29 is 4.52 Å². The van der Waals surface area contributed by atoms with Crippen molar-refractivity contribution in [2.75, 3.05) is 6.54 Å². The summed E-state index contributed by atoms with van der Waals surface area (Å²) < 4.78 is 6.54. The van der Waals surface area contributed by atoms with E-state index in [0.717, 1.165) is 35.0 Å². The second-order valence-electron chi connectivity index (χ2n) is 5.77. The predicted molar refractivity (Wildman–Crippen MR) is 82.0 cm³/mol. The van der Waals surface area contributed by atoms with Gasteiger partial charge in [-0.2, -0.15) is 4.98 Å². The molecule has 21 heavy (non-hydrogen) atoms. The van der Waals surface area contributed by atoms with E-state index in [1.54, 1.807) is 17.5 Å². The van der Waals surface area contributed by atoms with Gasteiger partial charge in [-0.25, -0.2) is 0 Å². The predicted octanol–water partition coefficient (Wildman–Crippen LogP) is 3.02. The lowest BCUT2D eigenvalue weighted by atomic mass is 9.67. The average Bonchev–Trinajstić information content (AvgIpc) is 3.11. The highest BCUT2D eigenvalue weighted by Crippen LogP contribution is 2.42. The number of hydrogen-bond donors (Lipinski definition) is 1. The molecule has 3 aromatic heterocycles. The molecule has 0 spiro atoms. The van der Waals surface area contributed by atoms with Crippen LogP contribution in [0.25, 0.3) is 21.6 Å². The molecule has 3 heterocycles. The number of nitrogens with two attached hydrogens (primary N) is 1. The summed E-state index contributed by atoms with van der Waals surface area (Å²) in [5.74, 6) is 1.29. The number of hydrogen-bond acceptors (Lipinski definition) is 6. The largest absolute Gasteiger partial charge is 0.339 e. The average molecular weight is 300 g/mol. The molecule has 5 nitrogen and oxygen atoms in total. The van der Waals surface area contributed by atoms with Gasteiger partial charge < -0.3 is 10.3 Å². The van der Waals surface area contributed by atoms with Crippen LogP contribution in [0.5, 0.6) is 0 Å². The molecule has 1 fully saturated rings. The molecule has 0 bridgehead atoms. The molecule has 0 saturated heterocycles. The number of nitrogens with zero attached hydrogens (tertiary/aromatic N) is 3. The summed E-state index contributed by atoms with van der Waals surface area (Å²) in [6.45, 7) is 0.688. The standard InChI is InChI=1S/C15H16N4OS/c16-9-15(3-1-4-15)7-13-18-14(19-20-13)10-6-12-11(17-8-10)2-5-21-12/h2,5-6,8H,1,3-4,7,9,16H2. The number of pyridine rings is 1. The molecular weight excluding hydrogens is 284 g/mol. The van der Waals surface area contributed by atoms with E-state index < -0.39 is 0 Å². The summed E-state index contributed by atoms with van der Waals surface area (Å²) in [7, 11) is 0. The van der Waals surface area contributed by atoms with Crippen molar-refractivity contribution >= 4 is 21.6 Å². The molecule has 108 valence electrons. The van der Waals surface area contributed by atoms with Crippen molar-refractivity contribution in [2.45, 2.75) is 25.7 Å². The lowest BCUT2D eigenvalue weighted by Crippen LogP contribution is -2.39. The number of fused-ring (bicyclic) bond motifs is 1. The van der Waals surface area contributed by atoms with Crippen LogP contribution in [0.2, 0.25) is 0 Å². The second kappa shape index (κ2) is 4.89. The van der Waals surface area contributed by atoms with E-state index in [9.17, 15) is 0 Å². The molecule has 3 aromatic rings. The quantitative estimate of drug-likeness (QED) is 0.801. The molecule has 0 aromatic carbocycles. The molecule has 1 saturated carbocycles. The summed E-state index contributed by atoms with van der Waals surface area (Å²) in [4.78, 5) is 8.93. The molecule has 1 aliphatic carbocycles. The van der Waals surface area contributed by atoms with Crippen LogP contribution in [0.15, 0.2) is 28.2 Å². The smallest absolute Gasteiger partial charge is 0.227 e. The van der Waals surface area contributed by atoms with Crippen LogP contribution in [0.1, 0.15) is 25.2 Å². The van der Waals surface area contributed by atoms with Crippen LogP contribution in [0.4, 0.5) is 0 Å². The molecular formula is C15H16N4OS. The van der Waals surface area contributed by atoms with Crippen molar-refractivity contribution in [3.63, 3.8) is 0 Å². The Hall–Kier alpha value is -1.79. The zero-order valence-electron chi connectivity index (χ0n) is 11.6. The number of aromatic nitrogens is 3. The van der Waals surface area contributed by atoms with Gasteiger partial charge in [0.1, 0.15) is 0 Å². The van der Waals surface area contributed by atoms with Crippen molar-refractivity contribution in [3.05, 3.63) is 29.6 Å². The first kappa shape index (κ1) is 12.9. The van der Waals surface area contributed by atoms with Gasteiger partial charge >= 0.3 is 0 Å². The normalized spacial score (nSPS) is 17.0. The van der Waals surface area contributed by atoms with Crippen LogP contribution in [0.3, 0.4) is 0 Å². The van der Waals surface area contributed by atoms with Gasteiger partial charge in [-0.3, -0.25) is 4.98 Å².